The number of likely N-dealkylation sites (N-methyl/N-ethyl adjacent to an activating group) is 1. The van der Waals surface area contributed by atoms with Crippen LogP contribution in [0.5, 0.6) is 0 Å². The number of aromatic nitrogens is 1. The zero-order valence-corrected chi connectivity index (χ0v) is 23.5. The summed E-state index contributed by atoms with van der Waals surface area (Å²) < 4.78 is 5.44. The Labute approximate surface area is 240 Å². The number of pyridine rings is 1. The number of hydrogen-bond acceptors (Lipinski definition) is 6. The highest BCUT2D eigenvalue weighted by Crippen LogP contribution is 2.35. The number of aryl methyl sites for hydroxylation is 1. The summed E-state index contributed by atoms with van der Waals surface area (Å²) >= 11 is 0. The smallest absolute Gasteiger partial charge is 0.409 e. The lowest BCUT2D eigenvalue weighted by Gasteiger charge is -2.29. The molecule has 2 aliphatic rings. The van der Waals surface area contributed by atoms with E-state index in [1.54, 1.807) is 31.4 Å². The molecule has 0 saturated heterocycles. The lowest BCUT2D eigenvalue weighted by atomic mass is 9.82. The van der Waals surface area contributed by atoms with E-state index in [-0.39, 0.29) is 25.0 Å². The third kappa shape index (κ3) is 6.45. The molecule has 9 nitrogen and oxygen atoms in total. The van der Waals surface area contributed by atoms with Crippen LogP contribution in [0.3, 0.4) is 0 Å². The Morgan fingerprint density at radius 3 is 2.49 bits per heavy atom. The van der Waals surface area contributed by atoms with Gasteiger partial charge in [0.15, 0.2) is 0 Å². The largest absolute Gasteiger partial charge is 0.445 e. The maximum atomic E-state index is 14.2. The van der Waals surface area contributed by atoms with Gasteiger partial charge in [0.25, 0.3) is 5.91 Å². The van der Waals surface area contributed by atoms with E-state index in [0.717, 1.165) is 54.5 Å². The molecule has 1 fully saturated rings. The van der Waals surface area contributed by atoms with Crippen molar-refractivity contribution in [3.8, 4) is 0 Å². The van der Waals surface area contributed by atoms with Crippen molar-refractivity contribution in [3.63, 3.8) is 0 Å². The third-order valence-corrected chi connectivity index (χ3v) is 7.67. The highest BCUT2D eigenvalue weighted by atomic mass is 16.5. The van der Waals surface area contributed by atoms with Crippen LogP contribution in [0.4, 0.5) is 16.3 Å². The Morgan fingerprint density at radius 2 is 1.76 bits per heavy atom. The van der Waals surface area contributed by atoms with E-state index in [1.165, 1.54) is 9.80 Å². The number of carbonyl (C=O) groups is 3. The minimum atomic E-state index is -1.24. The molecular formula is C32H35N5O4. The fraction of sp³-hybridized carbons (Fsp3) is 0.344. The normalized spacial score (nSPS) is 17.2. The van der Waals surface area contributed by atoms with Crippen molar-refractivity contribution in [3.05, 3.63) is 89.6 Å². The molecule has 1 aromatic heterocycles. The summed E-state index contributed by atoms with van der Waals surface area (Å²) in [5.41, 5.74) is 3.93. The number of amides is 3. The number of nitrogens with zero attached hydrogens (tertiary/aromatic N) is 4. The van der Waals surface area contributed by atoms with Crippen molar-refractivity contribution in [2.45, 2.75) is 51.8 Å². The maximum absolute atomic E-state index is 14.2. The molecule has 0 unspecified atom stereocenters. The molecule has 1 N–H and O–H groups in total. The number of nitrogens with one attached hydrogen (secondary N) is 1. The number of benzene rings is 2. The standard InChI is InChI=1S/C32H35N5O4/c1-22-12-11-17-25-28(24-15-7-4-8-16-24)34-30(35-32(40)41-21-23-13-5-3-6-14-23)31(39)37(29(22)25)20-27(38)36(2)26-18-9-10-19-33-26/h3,5-6,9-14,17-19,24,30H,4,7-8,15-16,20-21H2,1-2H3,(H,35,40)/t30-/m1/s1. The average Bonchev–Trinajstić information content (AvgIpc) is 3.12. The molecule has 3 aromatic rings. The number of alkyl carbamates (subject to hydrolysis) is 1. The molecular weight excluding hydrogens is 518 g/mol. The van der Waals surface area contributed by atoms with Gasteiger partial charge in [-0.2, -0.15) is 0 Å². The van der Waals surface area contributed by atoms with Crippen LogP contribution < -0.4 is 15.1 Å². The van der Waals surface area contributed by atoms with Crippen molar-refractivity contribution >= 4 is 35.1 Å². The Hall–Kier alpha value is -4.53. The van der Waals surface area contributed by atoms with E-state index in [2.05, 4.69) is 10.3 Å². The summed E-state index contributed by atoms with van der Waals surface area (Å²) in [5, 5.41) is 2.69. The van der Waals surface area contributed by atoms with Crippen LogP contribution in [0.15, 0.2) is 77.9 Å². The van der Waals surface area contributed by atoms with Crippen LogP contribution in [-0.4, -0.2) is 48.4 Å². The van der Waals surface area contributed by atoms with Crippen LogP contribution >= 0.6 is 0 Å². The average molecular weight is 554 g/mol. The second-order valence-corrected chi connectivity index (χ2v) is 10.5. The topological polar surface area (TPSA) is 104 Å². The van der Waals surface area contributed by atoms with E-state index >= 15 is 0 Å². The number of benzodiazepines with no additional fused rings is 1. The van der Waals surface area contributed by atoms with Crippen molar-refractivity contribution in [2.24, 2.45) is 10.9 Å². The van der Waals surface area contributed by atoms with Crippen LogP contribution in [0.2, 0.25) is 0 Å². The van der Waals surface area contributed by atoms with E-state index in [4.69, 9.17) is 9.73 Å². The maximum Gasteiger partial charge on any atom is 0.409 e. The molecule has 1 aliphatic heterocycles. The molecule has 0 bridgehead atoms. The molecule has 0 spiro atoms. The van der Waals surface area contributed by atoms with Crippen molar-refractivity contribution < 1.29 is 19.1 Å². The summed E-state index contributed by atoms with van der Waals surface area (Å²) in [7, 11) is 1.63. The number of aliphatic imine (C=N–C) groups is 1. The van der Waals surface area contributed by atoms with E-state index in [1.807, 2.05) is 55.5 Å². The number of rotatable bonds is 7. The first kappa shape index (κ1) is 28.0. The second-order valence-electron chi connectivity index (χ2n) is 10.5. The van der Waals surface area contributed by atoms with Gasteiger partial charge >= 0.3 is 6.09 Å². The summed E-state index contributed by atoms with van der Waals surface area (Å²) in [4.78, 5) is 52.6. The number of para-hydroxylation sites is 1. The van der Waals surface area contributed by atoms with Gasteiger partial charge in [-0.3, -0.25) is 29.7 Å². The first-order valence-corrected chi connectivity index (χ1v) is 14.1. The second kappa shape index (κ2) is 12.8. The van der Waals surface area contributed by atoms with Gasteiger partial charge < -0.3 is 4.74 Å². The summed E-state index contributed by atoms with van der Waals surface area (Å²) in [6, 6.07) is 20.5. The number of ether oxygens (including phenoxy) is 1. The molecule has 3 amide bonds. The van der Waals surface area contributed by atoms with Gasteiger partial charge in [-0.25, -0.2) is 9.78 Å². The molecule has 9 heteroatoms. The number of carbonyl (C=O) groups excluding carboxylic acids is 3. The molecule has 0 radical (unpaired) electrons. The van der Waals surface area contributed by atoms with E-state index < -0.39 is 18.2 Å². The Bertz CT molecular complexity index is 1420. The predicted molar refractivity (Wildman–Crippen MR) is 158 cm³/mol. The Morgan fingerprint density at radius 1 is 1.00 bits per heavy atom. The molecule has 1 aliphatic carbocycles. The van der Waals surface area contributed by atoms with Gasteiger partial charge in [0, 0.05) is 24.7 Å². The predicted octanol–water partition coefficient (Wildman–Crippen LogP) is 5.02. The number of fused-ring (bicyclic) bond motifs is 1. The highest BCUT2D eigenvalue weighted by molar-refractivity contribution is 6.16. The van der Waals surface area contributed by atoms with E-state index in [0.29, 0.717) is 11.5 Å². The van der Waals surface area contributed by atoms with Crippen LogP contribution in [-0.2, 0) is 20.9 Å². The molecule has 5 rings (SSSR count). The lowest BCUT2D eigenvalue weighted by molar-refractivity contribution is -0.123. The monoisotopic (exact) mass is 553 g/mol. The molecule has 1 atom stereocenters. The SMILES string of the molecule is Cc1cccc2c1N(CC(=O)N(C)c1ccccn1)C(=O)[C@@H](NC(=O)OCc1ccccc1)N=C2C1CCCCC1. The van der Waals surface area contributed by atoms with Gasteiger partial charge in [-0.1, -0.05) is 73.9 Å². The van der Waals surface area contributed by atoms with Gasteiger partial charge in [0.2, 0.25) is 12.1 Å². The van der Waals surface area contributed by atoms with Crippen molar-refractivity contribution in [1.82, 2.24) is 10.3 Å². The van der Waals surface area contributed by atoms with Gasteiger partial charge in [0.1, 0.15) is 19.0 Å². The van der Waals surface area contributed by atoms with Crippen LogP contribution in [0.25, 0.3) is 0 Å². The van der Waals surface area contributed by atoms with Gasteiger partial charge in [-0.15, -0.1) is 0 Å². The quantitative estimate of drug-likeness (QED) is 0.442. The van der Waals surface area contributed by atoms with Crippen molar-refractivity contribution in [1.29, 1.82) is 0 Å². The van der Waals surface area contributed by atoms with E-state index in [9.17, 15) is 14.4 Å². The lowest BCUT2D eigenvalue weighted by Crippen LogP contribution is -2.50. The molecule has 1 saturated carbocycles. The minimum Gasteiger partial charge on any atom is -0.445 e. The van der Waals surface area contributed by atoms with Crippen LogP contribution in [0.1, 0.15) is 48.8 Å². The first-order valence-electron chi connectivity index (χ1n) is 14.1. The first-order chi connectivity index (χ1) is 19.9. The summed E-state index contributed by atoms with van der Waals surface area (Å²) in [5.74, 6) is -0.194. The minimum absolute atomic E-state index is 0.0587. The molecule has 2 aromatic carbocycles. The fourth-order valence-electron chi connectivity index (χ4n) is 5.50. The van der Waals surface area contributed by atoms with Gasteiger partial charge in [-0.05, 0) is 43.0 Å². The number of anilines is 2. The zero-order valence-electron chi connectivity index (χ0n) is 23.5. The zero-order chi connectivity index (χ0) is 28.8. The summed E-state index contributed by atoms with van der Waals surface area (Å²) in [6.07, 6.45) is 4.84. The third-order valence-electron chi connectivity index (χ3n) is 7.67. The Balaban J connectivity index is 1.48. The fourth-order valence-corrected chi connectivity index (χ4v) is 5.50. The molecule has 212 valence electrons. The van der Waals surface area contributed by atoms with Crippen molar-refractivity contribution in [2.75, 3.05) is 23.4 Å². The highest BCUT2D eigenvalue weighted by Gasteiger charge is 2.37. The molecule has 2 heterocycles. The van der Waals surface area contributed by atoms with Gasteiger partial charge in [0.05, 0.1) is 11.4 Å². The Kier molecular flexibility index (Phi) is 8.72. The molecule has 41 heavy (non-hydrogen) atoms. The van der Waals surface area contributed by atoms with Crippen LogP contribution in [0, 0.1) is 12.8 Å². The number of hydrogen-bond donors (Lipinski definition) is 1. The summed E-state index contributed by atoms with van der Waals surface area (Å²) in [6.45, 7) is 1.74.